The number of sulfonamides is 1. The highest BCUT2D eigenvalue weighted by Crippen LogP contribution is 2.57. The number of esters is 1. The number of carbonyl (C=O) groups is 4. The largest absolute Gasteiger partial charge is 0.489 e. The smallest absolute Gasteiger partial charge is 0.306 e. The van der Waals surface area contributed by atoms with E-state index in [0.717, 1.165) is 80.1 Å². The summed E-state index contributed by atoms with van der Waals surface area (Å²) in [6.45, 7) is 14.7. The molecule has 2 amide bonds. The number of carbonyl (C=O) groups excluding carboxylic acids is 4. The van der Waals surface area contributed by atoms with E-state index in [9.17, 15) is 22.8 Å². The van der Waals surface area contributed by atoms with Gasteiger partial charge in [-0.05, 0) is 120 Å². The number of nitrogens with one attached hydrogen (secondary N) is 1. The van der Waals surface area contributed by atoms with Crippen molar-refractivity contribution in [3.8, 4) is 11.6 Å². The maximum atomic E-state index is 15.1. The van der Waals surface area contributed by atoms with Crippen LogP contribution in [0.5, 0.6) is 11.6 Å². The Morgan fingerprint density at radius 3 is 2.43 bits per heavy atom. The van der Waals surface area contributed by atoms with Gasteiger partial charge in [-0.1, -0.05) is 58.7 Å². The Bertz CT molecular complexity index is 2310. The molecule has 2 unspecified atom stereocenters. The van der Waals surface area contributed by atoms with Crippen LogP contribution in [0.15, 0.2) is 36.9 Å². The van der Waals surface area contributed by atoms with E-state index >= 15 is 4.79 Å². The highest BCUT2D eigenvalue weighted by atomic mass is 32.2. The average molecular weight is 915 g/mol. The lowest BCUT2D eigenvalue weighted by Gasteiger charge is -2.39. The van der Waals surface area contributed by atoms with E-state index in [1.54, 1.807) is 17.9 Å². The van der Waals surface area contributed by atoms with Gasteiger partial charge in [-0.25, -0.2) is 13.4 Å². The predicted molar refractivity (Wildman–Crippen MR) is 247 cm³/mol. The van der Waals surface area contributed by atoms with E-state index in [-0.39, 0.29) is 56.1 Å². The molecule has 6 fully saturated rings. The number of amides is 2. The van der Waals surface area contributed by atoms with Crippen LogP contribution in [0.3, 0.4) is 0 Å². The molecule has 4 bridgehead atoms. The Kier molecular flexibility index (Phi) is 12.4. The van der Waals surface area contributed by atoms with Crippen LogP contribution < -0.4 is 14.2 Å². The first-order chi connectivity index (χ1) is 30.9. The summed E-state index contributed by atoms with van der Waals surface area (Å²) in [7, 11) is -3.97. The minimum absolute atomic E-state index is 0.0439. The molecule has 3 saturated carbocycles. The zero-order valence-electron chi connectivity index (χ0n) is 39.1. The summed E-state index contributed by atoms with van der Waals surface area (Å²) in [6, 6.07) is 8.04. The summed E-state index contributed by atoms with van der Waals surface area (Å²) in [4.78, 5) is 66.8. The molecule has 3 aliphatic carbocycles. The summed E-state index contributed by atoms with van der Waals surface area (Å²) in [5.74, 6) is -1.51. The van der Waals surface area contributed by atoms with E-state index in [2.05, 4.69) is 29.2 Å². The lowest BCUT2D eigenvalue weighted by Crippen LogP contribution is -2.49. The van der Waals surface area contributed by atoms with E-state index in [0.29, 0.717) is 43.1 Å². The molecule has 9 rings (SSSR count). The van der Waals surface area contributed by atoms with Gasteiger partial charge in [0.1, 0.15) is 24.1 Å². The Balaban J connectivity index is 1.06. The summed E-state index contributed by atoms with van der Waals surface area (Å²) in [5, 5.41) is 0.940. The predicted octanol–water partition coefficient (Wildman–Crippen LogP) is 7.62. The molecule has 13 nitrogen and oxygen atoms in total. The lowest BCUT2D eigenvalue weighted by atomic mass is 9.77. The van der Waals surface area contributed by atoms with Crippen LogP contribution in [0.25, 0.3) is 10.9 Å². The number of hydrogen-bond donors (Lipinski definition) is 1. The molecular formula is C51H70N4O9S. The minimum Gasteiger partial charge on any atom is -0.489 e. The van der Waals surface area contributed by atoms with Gasteiger partial charge in [0.25, 0.3) is 0 Å². The summed E-state index contributed by atoms with van der Waals surface area (Å²) in [6.07, 6.45) is 12.5. The maximum Gasteiger partial charge on any atom is 0.306 e. The van der Waals surface area contributed by atoms with Crippen molar-refractivity contribution in [2.75, 3.05) is 13.1 Å². The zero-order chi connectivity index (χ0) is 46.1. The fourth-order valence-electron chi connectivity index (χ4n) is 11.7. The number of para-hydroxylation sites is 1. The molecule has 1 N–H and O–H groups in total. The van der Waals surface area contributed by atoms with Gasteiger partial charge in [-0.3, -0.25) is 28.8 Å². The monoisotopic (exact) mass is 914 g/mol. The van der Waals surface area contributed by atoms with Crippen LogP contribution in [0, 0.1) is 28.6 Å². The van der Waals surface area contributed by atoms with Crippen LogP contribution in [0.2, 0.25) is 0 Å². The van der Waals surface area contributed by atoms with Crippen molar-refractivity contribution in [3.05, 3.63) is 42.5 Å². The van der Waals surface area contributed by atoms with Gasteiger partial charge < -0.3 is 19.1 Å². The van der Waals surface area contributed by atoms with Crippen molar-refractivity contribution in [1.29, 1.82) is 0 Å². The third kappa shape index (κ3) is 9.20. The molecule has 2 aromatic rings. The van der Waals surface area contributed by atoms with Crippen molar-refractivity contribution >= 4 is 44.5 Å². The molecule has 354 valence electrons. The molecule has 5 heterocycles. The first-order valence-electron chi connectivity index (χ1n) is 24.7. The summed E-state index contributed by atoms with van der Waals surface area (Å²) < 4.78 is 48.0. The van der Waals surface area contributed by atoms with E-state index in [1.165, 1.54) is 12.8 Å². The van der Waals surface area contributed by atoms with Crippen molar-refractivity contribution < 1.29 is 41.8 Å². The second-order valence-electron chi connectivity index (χ2n) is 22.0. The Morgan fingerprint density at radius 1 is 1.02 bits per heavy atom. The number of piperidine rings is 1. The van der Waals surface area contributed by atoms with Crippen molar-refractivity contribution in [3.63, 3.8) is 0 Å². The Labute approximate surface area is 385 Å². The number of fused-ring (bicyclic) bond motifs is 7. The van der Waals surface area contributed by atoms with Crippen LogP contribution in [0.1, 0.15) is 143 Å². The highest BCUT2D eigenvalue weighted by Gasteiger charge is 2.63. The third-order valence-corrected chi connectivity index (χ3v) is 18.4. The molecule has 0 radical (unpaired) electrons. The molecule has 0 spiro atoms. The van der Waals surface area contributed by atoms with E-state index in [1.807, 2.05) is 39.0 Å². The summed E-state index contributed by atoms with van der Waals surface area (Å²) in [5.41, 5.74) is -0.334. The molecular weight excluding hydrogens is 845 g/mol. The first-order valence-corrected chi connectivity index (χ1v) is 26.1. The van der Waals surface area contributed by atoms with Gasteiger partial charge in [0.05, 0.1) is 46.2 Å². The standard InChI is InChI=1S/C51H70N4O9S/c1-7-22-54-33-18-19-34(54)25-35(24-33)62-45-37-15-12-13-17-40(37)52-46-38(45)16-11-9-10-14-31-23-43(31)64-44(57)27-39(49(3,4)5)47(58)55-30-36(63-46)26-41(55)42(56)29-51(28-32(51)8-2)48(59)53-65(60,61)50(6)20-21-50/h8,12-13,15,17,31-36,39,41,43H,2,7,9-11,14,16,18-30H2,1,3-6H3,(H,53,59)/t31-,32-,33?,34?,35?,36-,39-,41+,43-,51-/m1/s1. The average Bonchev–Trinajstić information content (AvgIpc) is 4.21. The number of nitrogens with zero attached hydrogens (tertiary/aromatic N) is 3. The fourth-order valence-corrected chi connectivity index (χ4v) is 13.0. The number of allylic oxidation sites excluding steroid dienone is 1. The van der Waals surface area contributed by atoms with Gasteiger partial charge >= 0.3 is 5.97 Å². The zero-order valence-corrected chi connectivity index (χ0v) is 40.0. The number of ketones is 1. The molecule has 3 saturated heterocycles. The lowest BCUT2D eigenvalue weighted by molar-refractivity contribution is -0.154. The Morgan fingerprint density at radius 2 is 1.75 bits per heavy atom. The van der Waals surface area contributed by atoms with Gasteiger partial charge in [0, 0.05) is 30.3 Å². The minimum atomic E-state index is -3.97. The van der Waals surface area contributed by atoms with E-state index < -0.39 is 61.5 Å². The molecule has 7 aliphatic rings. The van der Waals surface area contributed by atoms with Gasteiger partial charge in [-0.15, -0.1) is 6.58 Å². The number of ether oxygens (including phenoxy) is 3. The Hall–Kier alpha value is -4.04. The number of rotatable bonds is 11. The molecule has 1 aromatic heterocycles. The number of benzene rings is 1. The number of hydrogen-bond acceptors (Lipinski definition) is 11. The number of pyridine rings is 1. The van der Waals surface area contributed by atoms with Crippen molar-refractivity contribution in [1.82, 2.24) is 19.5 Å². The quantitative estimate of drug-likeness (QED) is 0.175. The molecule has 65 heavy (non-hydrogen) atoms. The molecule has 9 atom stereocenters. The fraction of sp³-hybridized carbons (Fsp3) is 0.706. The van der Waals surface area contributed by atoms with Gasteiger partial charge in [0.15, 0.2) is 5.78 Å². The van der Waals surface area contributed by atoms with Crippen molar-refractivity contribution in [2.45, 2.75) is 185 Å². The normalized spacial score (nSPS) is 33.7. The third-order valence-electron chi connectivity index (χ3n) is 16.3. The second-order valence-corrected chi connectivity index (χ2v) is 24.2. The number of aromatic nitrogens is 1. The van der Waals surface area contributed by atoms with Crippen molar-refractivity contribution in [2.24, 2.45) is 28.6 Å². The van der Waals surface area contributed by atoms with Gasteiger partial charge in [-0.2, -0.15) is 0 Å². The summed E-state index contributed by atoms with van der Waals surface area (Å²) >= 11 is 0. The number of Topliss-reactive ketones (excluding diaryl/α,β-unsaturated/α-hetero) is 1. The second kappa shape index (κ2) is 17.6. The van der Waals surface area contributed by atoms with Crippen LogP contribution >= 0.6 is 0 Å². The van der Waals surface area contributed by atoms with E-state index in [4.69, 9.17) is 19.2 Å². The highest BCUT2D eigenvalue weighted by molar-refractivity contribution is 7.91. The van der Waals surface area contributed by atoms with Gasteiger partial charge in [0.2, 0.25) is 27.7 Å². The topological polar surface area (TPSA) is 162 Å². The van der Waals surface area contributed by atoms with Crippen LogP contribution in [-0.2, 0) is 40.4 Å². The maximum absolute atomic E-state index is 15.1. The molecule has 4 aliphatic heterocycles. The molecule has 14 heteroatoms. The SMILES string of the molecule is C=C[C@@H]1C[C@]1(CC(=O)[C@@H]1C[C@@H]2CN1C(=O)[C@H](C(C)(C)C)CC(=O)O[C@@H]1C[C@H]1CCCCCc1c(nc3ccccc3c1OC1CC3CCC(C1)N3CCC)O2)C(=O)NS(=O)(=O)C1(C)CC1. The first kappa shape index (κ1) is 46.1. The van der Waals surface area contributed by atoms with Crippen LogP contribution in [-0.4, -0.2) is 101 Å². The van der Waals surface area contributed by atoms with Crippen LogP contribution in [0.4, 0.5) is 0 Å². The molecule has 1 aromatic carbocycles.